The molecule has 6 rings (SSSR count). The number of pyridine rings is 1. The number of carbonyl (C=O) groups is 1. The molecule has 1 aliphatic heterocycles. The highest BCUT2D eigenvalue weighted by Crippen LogP contribution is 2.45. The van der Waals surface area contributed by atoms with Crippen molar-refractivity contribution in [3.63, 3.8) is 0 Å². The van der Waals surface area contributed by atoms with Crippen molar-refractivity contribution in [1.82, 2.24) is 10.3 Å². The molecule has 4 aromatic rings. The second kappa shape index (κ2) is 8.99. The summed E-state index contributed by atoms with van der Waals surface area (Å²) in [6.45, 7) is 1.20. The van der Waals surface area contributed by atoms with Crippen molar-refractivity contribution in [2.45, 2.75) is 37.6 Å². The van der Waals surface area contributed by atoms with Crippen molar-refractivity contribution in [2.24, 2.45) is 5.73 Å². The van der Waals surface area contributed by atoms with Crippen molar-refractivity contribution in [3.05, 3.63) is 65.9 Å². The van der Waals surface area contributed by atoms with E-state index in [1.807, 2.05) is 48.5 Å². The van der Waals surface area contributed by atoms with Crippen LogP contribution in [0.25, 0.3) is 21.7 Å². The molecular weight excluding hydrogens is 454 g/mol. The number of benzene rings is 3. The Bertz CT molecular complexity index is 1480. The first kappa shape index (κ1) is 22.6. The fourth-order valence-electron chi connectivity index (χ4n) is 4.97. The van der Waals surface area contributed by atoms with E-state index in [-0.39, 0.29) is 11.4 Å². The molecule has 0 radical (unpaired) electrons. The molecular formula is C29H29N3O4. The van der Waals surface area contributed by atoms with Gasteiger partial charge in [0.05, 0.1) is 24.1 Å². The molecule has 36 heavy (non-hydrogen) atoms. The molecule has 2 aliphatic rings. The highest BCUT2D eigenvalue weighted by Gasteiger charge is 2.37. The zero-order valence-corrected chi connectivity index (χ0v) is 20.3. The van der Waals surface area contributed by atoms with Crippen LogP contribution in [0, 0.1) is 0 Å². The average molecular weight is 484 g/mol. The van der Waals surface area contributed by atoms with E-state index in [0.717, 1.165) is 70.8 Å². The minimum atomic E-state index is -0.113. The molecule has 1 fully saturated rings. The van der Waals surface area contributed by atoms with Gasteiger partial charge in [-0.3, -0.25) is 9.78 Å². The van der Waals surface area contributed by atoms with E-state index < -0.39 is 0 Å². The molecule has 1 saturated carbocycles. The van der Waals surface area contributed by atoms with Gasteiger partial charge in [0.15, 0.2) is 11.5 Å². The maximum absolute atomic E-state index is 12.2. The molecule has 0 unspecified atom stereocenters. The van der Waals surface area contributed by atoms with E-state index in [1.54, 1.807) is 13.2 Å². The van der Waals surface area contributed by atoms with Crippen molar-refractivity contribution in [3.8, 4) is 23.0 Å². The Labute approximate surface area is 209 Å². The summed E-state index contributed by atoms with van der Waals surface area (Å²) in [6, 6.07) is 15.3. The molecule has 3 N–H and O–H groups in total. The lowest BCUT2D eigenvalue weighted by molar-refractivity contribution is 0.0964. The Morgan fingerprint density at radius 3 is 2.89 bits per heavy atom. The van der Waals surface area contributed by atoms with E-state index in [0.29, 0.717) is 30.3 Å². The highest BCUT2D eigenvalue weighted by molar-refractivity contribution is 6.07. The van der Waals surface area contributed by atoms with Crippen LogP contribution in [-0.2, 0) is 6.42 Å². The first-order valence-electron chi connectivity index (χ1n) is 12.5. The Morgan fingerprint density at radius 2 is 2.06 bits per heavy atom. The number of amides is 1. The molecule has 7 nitrogen and oxygen atoms in total. The Kier molecular flexibility index (Phi) is 5.64. The summed E-state index contributed by atoms with van der Waals surface area (Å²) >= 11 is 0. The second-order valence-corrected chi connectivity index (χ2v) is 9.67. The number of carbonyl (C=O) groups excluding carboxylic acids is 1. The van der Waals surface area contributed by atoms with Gasteiger partial charge in [-0.15, -0.1) is 0 Å². The van der Waals surface area contributed by atoms with Gasteiger partial charge in [0.1, 0.15) is 11.5 Å². The molecule has 7 heteroatoms. The molecule has 1 amide bonds. The molecule has 1 aromatic heterocycles. The molecule has 184 valence electrons. The smallest absolute Gasteiger partial charge is 0.251 e. The summed E-state index contributed by atoms with van der Waals surface area (Å²) in [6.07, 6.45) is 6.64. The fraction of sp³-hybridized carbons (Fsp3) is 0.310. The number of hydrogen-bond acceptors (Lipinski definition) is 6. The van der Waals surface area contributed by atoms with Crippen molar-refractivity contribution in [1.29, 1.82) is 0 Å². The van der Waals surface area contributed by atoms with E-state index in [9.17, 15) is 4.79 Å². The molecule has 0 atom stereocenters. The second-order valence-electron chi connectivity index (χ2n) is 9.67. The van der Waals surface area contributed by atoms with Crippen LogP contribution >= 0.6 is 0 Å². The normalized spacial score (nSPS) is 15.4. The lowest BCUT2D eigenvalue weighted by Crippen LogP contribution is -2.22. The van der Waals surface area contributed by atoms with Gasteiger partial charge in [0.25, 0.3) is 5.91 Å². The quantitative estimate of drug-likeness (QED) is 0.338. The van der Waals surface area contributed by atoms with Gasteiger partial charge >= 0.3 is 0 Å². The minimum Gasteiger partial charge on any atom is -0.490 e. The number of nitrogens with zero attached hydrogens (tertiary/aromatic N) is 1. The van der Waals surface area contributed by atoms with Crippen molar-refractivity contribution < 1.29 is 19.0 Å². The number of fused-ring (bicyclic) bond motifs is 4. The third kappa shape index (κ3) is 4.20. The van der Waals surface area contributed by atoms with Crippen LogP contribution < -0.4 is 25.3 Å². The number of hydrogen-bond donors (Lipinski definition) is 2. The third-order valence-corrected chi connectivity index (χ3v) is 7.13. The summed E-state index contributed by atoms with van der Waals surface area (Å²) in [5.74, 6) is 2.80. The SMILES string of the molecule is CNC(=O)c1cccc2cc(Oc3ccnc4cc(OCCCC5(N)CC5)c5c(c34)CCO5)ccc12. The summed E-state index contributed by atoms with van der Waals surface area (Å²) in [7, 11) is 1.63. The van der Waals surface area contributed by atoms with Gasteiger partial charge in [0.2, 0.25) is 0 Å². The van der Waals surface area contributed by atoms with Gasteiger partial charge in [-0.25, -0.2) is 0 Å². The average Bonchev–Trinajstić information content (AvgIpc) is 3.42. The Balaban J connectivity index is 1.30. The zero-order chi connectivity index (χ0) is 24.7. The van der Waals surface area contributed by atoms with Gasteiger partial charge in [0, 0.05) is 42.4 Å². The molecule has 2 heterocycles. The highest BCUT2D eigenvalue weighted by atomic mass is 16.5. The van der Waals surface area contributed by atoms with E-state index in [1.165, 1.54) is 0 Å². The number of aromatic nitrogens is 1. The first-order valence-corrected chi connectivity index (χ1v) is 12.5. The largest absolute Gasteiger partial charge is 0.490 e. The number of nitrogens with two attached hydrogens (primary N) is 1. The lowest BCUT2D eigenvalue weighted by atomic mass is 10.0. The topological polar surface area (TPSA) is 95.7 Å². The maximum Gasteiger partial charge on any atom is 0.251 e. The molecule has 0 spiro atoms. The minimum absolute atomic E-state index is 0.0335. The third-order valence-electron chi connectivity index (χ3n) is 7.13. The molecule has 0 saturated heterocycles. The molecule has 1 aliphatic carbocycles. The van der Waals surface area contributed by atoms with Crippen LogP contribution in [0.3, 0.4) is 0 Å². The molecule has 0 bridgehead atoms. The van der Waals surface area contributed by atoms with E-state index >= 15 is 0 Å². The zero-order valence-electron chi connectivity index (χ0n) is 20.3. The summed E-state index contributed by atoms with van der Waals surface area (Å²) < 4.78 is 18.5. The predicted octanol–water partition coefficient (Wildman–Crippen LogP) is 5.13. The summed E-state index contributed by atoms with van der Waals surface area (Å²) in [5.41, 5.74) is 8.75. The standard InChI is InChI=1S/C29H29N3O4/c1-31-28(33)21-5-2-4-18-16-19(6-7-20(18)21)36-24-8-13-32-23-17-25(27-22(26(23)24)9-15-35-27)34-14-3-10-29(30)11-12-29/h2,4-8,13,16-17H,3,9-12,14-15,30H2,1H3,(H,31,33). The van der Waals surface area contributed by atoms with Crippen LogP contribution in [0.2, 0.25) is 0 Å². The predicted molar refractivity (Wildman–Crippen MR) is 139 cm³/mol. The van der Waals surface area contributed by atoms with Crippen LogP contribution in [0.15, 0.2) is 54.7 Å². The lowest BCUT2D eigenvalue weighted by Gasteiger charge is -2.16. The van der Waals surface area contributed by atoms with Gasteiger partial charge in [-0.05, 0) is 66.8 Å². The van der Waals surface area contributed by atoms with Crippen molar-refractivity contribution in [2.75, 3.05) is 20.3 Å². The number of ether oxygens (including phenoxy) is 3. The summed E-state index contributed by atoms with van der Waals surface area (Å²) in [5, 5.41) is 5.45. The van der Waals surface area contributed by atoms with Crippen LogP contribution in [0.4, 0.5) is 0 Å². The van der Waals surface area contributed by atoms with Crippen LogP contribution in [0.5, 0.6) is 23.0 Å². The Morgan fingerprint density at radius 1 is 1.17 bits per heavy atom. The number of nitrogens with one attached hydrogen (secondary N) is 1. The maximum atomic E-state index is 12.2. The first-order chi connectivity index (χ1) is 17.5. The monoisotopic (exact) mass is 483 g/mol. The molecule has 3 aromatic carbocycles. The van der Waals surface area contributed by atoms with Crippen molar-refractivity contribution >= 4 is 27.6 Å². The van der Waals surface area contributed by atoms with Crippen LogP contribution in [-0.4, -0.2) is 36.7 Å². The summed E-state index contributed by atoms with van der Waals surface area (Å²) in [4.78, 5) is 16.8. The Hall–Kier alpha value is -3.84. The fourth-order valence-corrected chi connectivity index (χ4v) is 4.97. The van der Waals surface area contributed by atoms with Gasteiger partial charge in [-0.2, -0.15) is 0 Å². The van der Waals surface area contributed by atoms with E-state index in [2.05, 4.69) is 10.3 Å². The number of rotatable bonds is 8. The van der Waals surface area contributed by atoms with Crippen LogP contribution in [0.1, 0.15) is 41.6 Å². The van der Waals surface area contributed by atoms with Gasteiger partial charge < -0.3 is 25.3 Å². The van der Waals surface area contributed by atoms with E-state index in [4.69, 9.17) is 19.9 Å². The van der Waals surface area contributed by atoms with Gasteiger partial charge in [-0.1, -0.05) is 12.1 Å².